The van der Waals surface area contributed by atoms with Gasteiger partial charge in [0.05, 0.1) is 0 Å². The zero-order valence-corrected chi connectivity index (χ0v) is 18.2. The molecule has 156 valence electrons. The summed E-state index contributed by atoms with van der Waals surface area (Å²) >= 11 is 0. The Morgan fingerprint density at radius 2 is 1.52 bits per heavy atom. The van der Waals surface area contributed by atoms with Gasteiger partial charge in [-0.2, -0.15) is 0 Å². The molecule has 0 fully saturated rings. The van der Waals surface area contributed by atoms with E-state index in [1.165, 1.54) is 11.1 Å². The average Bonchev–Trinajstić information content (AvgIpc) is 2.75. The number of carbonyl (C=O) groups excluding carboxylic acids is 2. The van der Waals surface area contributed by atoms with Crippen molar-refractivity contribution in [2.75, 3.05) is 6.54 Å². The molecule has 2 aromatic rings. The van der Waals surface area contributed by atoms with Crippen molar-refractivity contribution in [2.24, 2.45) is 0 Å². The number of amides is 2. The fraction of sp³-hybridized carbons (Fsp3) is 0.440. The fourth-order valence-electron chi connectivity index (χ4n) is 3.21. The third kappa shape index (κ3) is 7.04. The Bertz CT molecular complexity index is 781. The van der Waals surface area contributed by atoms with Crippen LogP contribution in [0.1, 0.15) is 55.9 Å². The first-order valence-corrected chi connectivity index (χ1v) is 10.6. The Hall–Kier alpha value is -2.62. The lowest BCUT2D eigenvalue weighted by atomic mass is 10.0. The van der Waals surface area contributed by atoms with Crippen molar-refractivity contribution in [3.05, 3.63) is 70.8 Å². The van der Waals surface area contributed by atoms with Gasteiger partial charge in [0.25, 0.3) is 0 Å². The standard InChI is InChI=1S/C25H34N2O2/c1-5-17-26-25(29)20(4)27(18-23-9-7-19(3)8-10-23)24(28)16-15-22-13-11-21(6-2)12-14-22/h7-14,20H,5-6,15-18H2,1-4H3,(H,26,29)/t20-/m1/s1. The summed E-state index contributed by atoms with van der Waals surface area (Å²) in [4.78, 5) is 27.3. The van der Waals surface area contributed by atoms with Gasteiger partial charge in [0, 0.05) is 19.5 Å². The molecule has 0 aliphatic heterocycles. The monoisotopic (exact) mass is 394 g/mol. The Morgan fingerprint density at radius 1 is 0.931 bits per heavy atom. The van der Waals surface area contributed by atoms with Crippen molar-refractivity contribution in [2.45, 2.75) is 66.0 Å². The first-order valence-electron chi connectivity index (χ1n) is 10.6. The zero-order valence-electron chi connectivity index (χ0n) is 18.2. The van der Waals surface area contributed by atoms with Gasteiger partial charge in [-0.05, 0) is 49.8 Å². The predicted octanol–water partition coefficient (Wildman–Crippen LogP) is 4.43. The van der Waals surface area contributed by atoms with Gasteiger partial charge in [0.2, 0.25) is 11.8 Å². The molecule has 0 saturated heterocycles. The van der Waals surface area contributed by atoms with E-state index in [0.29, 0.717) is 25.9 Å². The Morgan fingerprint density at radius 3 is 2.10 bits per heavy atom. The highest BCUT2D eigenvalue weighted by atomic mass is 16.2. The van der Waals surface area contributed by atoms with Gasteiger partial charge in [-0.15, -0.1) is 0 Å². The van der Waals surface area contributed by atoms with E-state index in [2.05, 4.69) is 36.5 Å². The van der Waals surface area contributed by atoms with E-state index >= 15 is 0 Å². The van der Waals surface area contributed by atoms with Crippen molar-refractivity contribution in [1.82, 2.24) is 10.2 Å². The second kappa shape index (κ2) is 11.4. The van der Waals surface area contributed by atoms with Gasteiger partial charge < -0.3 is 10.2 Å². The number of carbonyl (C=O) groups is 2. The van der Waals surface area contributed by atoms with Crippen LogP contribution in [-0.4, -0.2) is 29.3 Å². The number of aryl methyl sites for hydroxylation is 3. The Kier molecular flexibility index (Phi) is 8.91. The first-order chi connectivity index (χ1) is 13.9. The van der Waals surface area contributed by atoms with Gasteiger partial charge in [0.1, 0.15) is 6.04 Å². The highest BCUT2D eigenvalue weighted by Crippen LogP contribution is 2.14. The quantitative estimate of drug-likeness (QED) is 0.648. The van der Waals surface area contributed by atoms with Crippen molar-refractivity contribution in [3.63, 3.8) is 0 Å². The number of nitrogens with one attached hydrogen (secondary N) is 1. The molecule has 2 rings (SSSR count). The van der Waals surface area contributed by atoms with E-state index in [1.54, 1.807) is 4.90 Å². The summed E-state index contributed by atoms with van der Waals surface area (Å²) in [6.45, 7) is 9.06. The number of rotatable bonds is 10. The molecule has 2 aromatic carbocycles. The van der Waals surface area contributed by atoms with Crippen molar-refractivity contribution in [1.29, 1.82) is 0 Å². The van der Waals surface area contributed by atoms with Crippen LogP contribution in [0.2, 0.25) is 0 Å². The summed E-state index contributed by atoms with van der Waals surface area (Å²) in [5.41, 5.74) is 4.65. The lowest BCUT2D eigenvalue weighted by molar-refractivity contribution is -0.140. The van der Waals surface area contributed by atoms with Gasteiger partial charge in [-0.3, -0.25) is 9.59 Å². The molecule has 0 radical (unpaired) electrons. The molecule has 0 aromatic heterocycles. The topological polar surface area (TPSA) is 49.4 Å². The minimum Gasteiger partial charge on any atom is -0.354 e. The van der Waals surface area contributed by atoms with Crippen LogP contribution in [-0.2, 0) is 29.0 Å². The molecule has 0 heterocycles. The molecule has 0 unspecified atom stereocenters. The molecule has 0 aliphatic carbocycles. The summed E-state index contributed by atoms with van der Waals surface area (Å²) in [6.07, 6.45) is 2.95. The molecular weight excluding hydrogens is 360 g/mol. The summed E-state index contributed by atoms with van der Waals surface area (Å²) in [6, 6.07) is 16.0. The van der Waals surface area contributed by atoms with Crippen LogP contribution in [0.3, 0.4) is 0 Å². The highest BCUT2D eigenvalue weighted by molar-refractivity contribution is 5.87. The SMILES string of the molecule is CCCNC(=O)[C@@H](C)N(Cc1ccc(C)cc1)C(=O)CCc1ccc(CC)cc1. The van der Waals surface area contributed by atoms with Crippen LogP contribution in [0.15, 0.2) is 48.5 Å². The first kappa shape index (κ1) is 22.7. The largest absolute Gasteiger partial charge is 0.354 e. The van der Waals surface area contributed by atoms with Crippen LogP contribution >= 0.6 is 0 Å². The molecule has 29 heavy (non-hydrogen) atoms. The molecule has 4 heteroatoms. The van der Waals surface area contributed by atoms with Crippen LogP contribution in [0.5, 0.6) is 0 Å². The average molecular weight is 395 g/mol. The van der Waals surface area contributed by atoms with Crippen molar-refractivity contribution < 1.29 is 9.59 Å². The second-order valence-corrected chi connectivity index (χ2v) is 7.64. The van der Waals surface area contributed by atoms with E-state index in [-0.39, 0.29) is 11.8 Å². The van der Waals surface area contributed by atoms with E-state index < -0.39 is 6.04 Å². The minimum absolute atomic E-state index is 0.00397. The normalized spacial score (nSPS) is 11.7. The molecule has 1 N–H and O–H groups in total. The minimum atomic E-state index is -0.502. The summed E-state index contributed by atoms with van der Waals surface area (Å²) in [5.74, 6) is -0.0936. The number of nitrogens with zero attached hydrogens (tertiary/aromatic N) is 1. The van der Waals surface area contributed by atoms with Crippen LogP contribution < -0.4 is 5.32 Å². The number of hydrogen-bond donors (Lipinski definition) is 1. The predicted molar refractivity (Wildman–Crippen MR) is 119 cm³/mol. The Balaban J connectivity index is 2.09. The van der Waals surface area contributed by atoms with Gasteiger partial charge >= 0.3 is 0 Å². The number of benzene rings is 2. The third-order valence-corrected chi connectivity index (χ3v) is 5.25. The van der Waals surface area contributed by atoms with E-state index in [1.807, 2.05) is 45.0 Å². The zero-order chi connectivity index (χ0) is 21.2. The third-order valence-electron chi connectivity index (χ3n) is 5.25. The molecule has 4 nitrogen and oxygen atoms in total. The van der Waals surface area contributed by atoms with E-state index in [9.17, 15) is 9.59 Å². The lowest BCUT2D eigenvalue weighted by Gasteiger charge is -2.29. The van der Waals surface area contributed by atoms with Crippen LogP contribution in [0.4, 0.5) is 0 Å². The second-order valence-electron chi connectivity index (χ2n) is 7.64. The summed E-state index contributed by atoms with van der Waals surface area (Å²) in [7, 11) is 0. The van der Waals surface area contributed by atoms with Crippen molar-refractivity contribution >= 4 is 11.8 Å². The number of hydrogen-bond acceptors (Lipinski definition) is 2. The lowest BCUT2D eigenvalue weighted by Crippen LogP contribution is -2.47. The molecule has 2 amide bonds. The van der Waals surface area contributed by atoms with Crippen LogP contribution in [0, 0.1) is 6.92 Å². The summed E-state index contributed by atoms with van der Waals surface area (Å²) in [5, 5.41) is 2.92. The molecule has 0 spiro atoms. The highest BCUT2D eigenvalue weighted by Gasteiger charge is 2.25. The molecule has 1 atom stereocenters. The van der Waals surface area contributed by atoms with Crippen LogP contribution in [0.25, 0.3) is 0 Å². The van der Waals surface area contributed by atoms with Crippen molar-refractivity contribution in [3.8, 4) is 0 Å². The van der Waals surface area contributed by atoms with Gasteiger partial charge in [-0.1, -0.05) is 67.9 Å². The Labute approximate surface area is 175 Å². The molecular formula is C25H34N2O2. The maximum absolute atomic E-state index is 13.1. The summed E-state index contributed by atoms with van der Waals surface area (Å²) < 4.78 is 0. The van der Waals surface area contributed by atoms with Gasteiger partial charge in [-0.25, -0.2) is 0 Å². The molecule has 0 aliphatic rings. The maximum atomic E-state index is 13.1. The van der Waals surface area contributed by atoms with Gasteiger partial charge in [0.15, 0.2) is 0 Å². The molecule has 0 bridgehead atoms. The maximum Gasteiger partial charge on any atom is 0.242 e. The fourth-order valence-corrected chi connectivity index (χ4v) is 3.21. The van der Waals surface area contributed by atoms with E-state index in [0.717, 1.165) is 24.0 Å². The molecule has 0 saturated carbocycles. The smallest absolute Gasteiger partial charge is 0.242 e. The van der Waals surface area contributed by atoms with E-state index in [4.69, 9.17) is 0 Å².